The highest BCUT2D eigenvalue weighted by Gasteiger charge is 2.18. The molecule has 0 saturated carbocycles. The lowest BCUT2D eigenvalue weighted by Crippen LogP contribution is -2.23. The number of nitrogens with zero attached hydrogens (tertiary/aromatic N) is 3. The standard InChI is InChI=1S/C25H31N5O4S/c1-3-33-17-22-29-23-24(30(22)14-8-7-13-27-35(2,31)32)20-15-19(11-12-21(20)28-25(23)26)34-16-18-9-5-4-6-10-18/h4-6,9-12,15,27H,3,7-8,13-14,16-17H2,1-2H3,(H2,26,28). The summed E-state index contributed by atoms with van der Waals surface area (Å²) in [5.41, 5.74) is 9.64. The number of benzene rings is 2. The summed E-state index contributed by atoms with van der Waals surface area (Å²) in [6, 6.07) is 15.8. The normalized spacial score (nSPS) is 11.9. The fourth-order valence-electron chi connectivity index (χ4n) is 3.96. The van der Waals surface area contributed by atoms with Crippen molar-refractivity contribution in [3.63, 3.8) is 0 Å². The number of nitrogen functional groups attached to an aromatic ring is 1. The number of rotatable bonds is 12. The molecule has 186 valence electrons. The topological polar surface area (TPSA) is 121 Å². The molecule has 0 saturated heterocycles. The number of nitrogens with one attached hydrogen (secondary N) is 1. The Kier molecular flexibility index (Phi) is 7.84. The molecule has 0 aliphatic carbocycles. The molecule has 0 unspecified atom stereocenters. The van der Waals surface area contributed by atoms with Gasteiger partial charge in [-0.25, -0.2) is 23.1 Å². The van der Waals surface area contributed by atoms with Gasteiger partial charge < -0.3 is 19.8 Å². The van der Waals surface area contributed by atoms with E-state index in [-0.39, 0.29) is 0 Å². The minimum absolute atomic E-state index is 0.345. The van der Waals surface area contributed by atoms with Crippen LogP contribution in [0.2, 0.25) is 0 Å². The summed E-state index contributed by atoms with van der Waals surface area (Å²) in [4.78, 5) is 9.32. The molecular weight excluding hydrogens is 466 g/mol. The maximum atomic E-state index is 11.4. The van der Waals surface area contributed by atoms with Gasteiger partial charge >= 0.3 is 0 Å². The number of ether oxygens (including phenoxy) is 2. The fourth-order valence-corrected chi connectivity index (χ4v) is 4.48. The molecule has 10 heteroatoms. The molecule has 0 atom stereocenters. The molecular formula is C25H31N5O4S. The molecule has 35 heavy (non-hydrogen) atoms. The zero-order valence-electron chi connectivity index (χ0n) is 20.0. The van der Waals surface area contributed by atoms with Crippen LogP contribution >= 0.6 is 0 Å². The van der Waals surface area contributed by atoms with Gasteiger partial charge in [-0.15, -0.1) is 0 Å². The lowest BCUT2D eigenvalue weighted by atomic mass is 10.1. The third-order valence-corrected chi connectivity index (χ3v) is 6.34. The number of anilines is 1. The lowest BCUT2D eigenvalue weighted by Gasteiger charge is -2.12. The quantitative estimate of drug-likeness (QED) is 0.287. The Balaban J connectivity index is 1.67. The van der Waals surface area contributed by atoms with Crippen LogP contribution in [0.4, 0.5) is 5.82 Å². The van der Waals surface area contributed by atoms with Gasteiger partial charge in [-0.2, -0.15) is 0 Å². The number of aromatic nitrogens is 3. The molecule has 3 N–H and O–H groups in total. The SMILES string of the molecule is CCOCc1nc2c(N)nc3ccc(OCc4ccccc4)cc3c2n1CCCCNS(C)(=O)=O. The summed E-state index contributed by atoms with van der Waals surface area (Å²) in [5, 5.41) is 0.893. The zero-order valence-corrected chi connectivity index (χ0v) is 20.8. The Morgan fingerprint density at radius 1 is 1.06 bits per heavy atom. The molecule has 0 spiro atoms. The molecule has 0 aliphatic rings. The fraction of sp³-hybridized carbons (Fsp3) is 0.360. The largest absolute Gasteiger partial charge is 0.489 e. The Hall–Kier alpha value is -3.21. The maximum Gasteiger partial charge on any atom is 0.208 e. The van der Waals surface area contributed by atoms with Crippen molar-refractivity contribution in [3.8, 4) is 5.75 Å². The number of sulfonamides is 1. The van der Waals surface area contributed by atoms with Crippen LogP contribution in [0.15, 0.2) is 48.5 Å². The first-order valence-corrected chi connectivity index (χ1v) is 13.5. The van der Waals surface area contributed by atoms with E-state index >= 15 is 0 Å². The van der Waals surface area contributed by atoms with Gasteiger partial charge in [-0.1, -0.05) is 30.3 Å². The van der Waals surface area contributed by atoms with Crippen molar-refractivity contribution in [3.05, 3.63) is 59.9 Å². The third-order valence-electron chi connectivity index (χ3n) is 5.61. The van der Waals surface area contributed by atoms with E-state index in [0.717, 1.165) is 46.2 Å². The summed E-state index contributed by atoms with van der Waals surface area (Å²) in [5.74, 6) is 1.85. The highest BCUT2D eigenvalue weighted by Crippen LogP contribution is 2.32. The van der Waals surface area contributed by atoms with Crippen molar-refractivity contribution in [1.29, 1.82) is 0 Å². The van der Waals surface area contributed by atoms with Crippen LogP contribution in [0.1, 0.15) is 31.2 Å². The van der Waals surface area contributed by atoms with E-state index in [0.29, 0.717) is 50.7 Å². The minimum Gasteiger partial charge on any atom is -0.489 e. The van der Waals surface area contributed by atoms with Gasteiger partial charge in [-0.05, 0) is 43.5 Å². The van der Waals surface area contributed by atoms with Gasteiger partial charge in [0.15, 0.2) is 5.82 Å². The van der Waals surface area contributed by atoms with E-state index in [1.165, 1.54) is 0 Å². The molecule has 0 fully saturated rings. The van der Waals surface area contributed by atoms with Crippen molar-refractivity contribution in [2.24, 2.45) is 0 Å². The van der Waals surface area contributed by atoms with Gasteiger partial charge in [-0.3, -0.25) is 0 Å². The minimum atomic E-state index is -3.21. The van der Waals surface area contributed by atoms with E-state index in [4.69, 9.17) is 20.2 Å². The van der Waals surface area contributed by atoms with Gasteiger partial charge in [0.05, 0.1) is 17.3 Å². The predicted octanol–water partition coefficient (Wildman–Crippen LogP) is 3.61. The van der Waals surface area contributed by atoms with E-state index in [1.54, 1.807) is 0 Å². The average Bonchev–Trinajstić information content (AvgIpc) is 3.20. The summed E-state index contributed by atoms with van der Waals surface area (Å²) in [7, 11) is -3.21. The number of unbranched alkanes of at least 4 members (excludes halogenated alkanes) is 1. The second kappa shape index (κ2) is 11.0. The Morgan fingerprint density at radius 3 is 2.60 bits per heavy atom. The average molecular weight is 498 g/mol. The molecule has 0 bridgehead atoms. The number of nitrogens with two attached hydrogens (primary N) is 1. The first-order chi connectivity index (χ1) is 16.9. The second-order valence-electron chi connectivity index (χ2n) is 8.34. The molecule has 0 aliphatic heterocycles. The Bertz CT molecular complexity index is 1400. The van der Waals surface area contributed by atoms with Crippen molar-refractivity contribution in [2.45, 2.75) is 39.5 Å². The number of imidazole rings is 1. The molecule has 2 heterocycles. The van der Waals surface area contributed by atoms with Crippen LogP contribution in [0.5, 0.6) is 5.75 Å². The van der Waals surface area contributed by atoms with Crippen LogP contribution in [0.25, 0.3) is 21.9 Å². The van der Waals surface area contributed by atoms with Crippen molar-refractivity contribution in [2.75, 3.05) is 25.1 Å². The van der Waals surface area contributed by atoms with Crippen LogP contribution in [0.3, 0.4) is 0 Å². The smallest absolute Gasteiger partial charge is 0.208 e. The van der Waals surface area contributed by atoms with Gasteiger partial charge in [0.2, 0.25) is 10.0 Å². The zero-order chi connectivity index (χ0) is 24.8. The number of fused-ring (bicyclic) bond motifs is 3. The van der Waals surface area contributed by atoms with Gasteiger partial charge in [0, 0.05) is 25.1 Å². The lowest BCUT2D eigenvalue weighted by molar-refractivity contribution is 0.126. The monoisotopic (exact) mass is 497 g/mol. The molecule has 4 aromatic rings. The summed E-state index contributed by atoms with van der Waals surface area (Å²) in [6.07, 6.45) is 2.60. The summed E-state index contributed by atoms with van der Waals surface area (Å²) in [6.45, 7) is 4.32. The summed E-state index contributed by atoms with van der Waals surface area (Å²) >= 11 is 0. The van der Waals surface area contributed by atoms with Crippen molar-refractivity contribution in [1.82, 2.24) is 19.3 Å². The summed E-state index contributed by atoms with van der Waals surface area (Å²) < 4.78 is 39.1. The second-order valence-corrected chi connectivity index (χ2v) is 10.2. The predicted molar refractivity (Wildman–Crippen MR) is 138 cm³/mol. The Labute approximate surface area is 205 Å². The molecule has 0 radical (unpaired) electrons. The van der Waals surface area contributed by atoms with Crippen molar-refractivity contribution >= 4 is 37.8 Å². The highest BCUT2D eigenvalue weighted by molar-refractivity contribution is 7.88. The molecule has 2 aromatic heterocycles. The van der Waals surface area contributed by atoms with Crippen LogP contribution < -0.4 is 15.2 Å². The molecule has 2 aromatic carbocycles. The number of hydrogen-bond acceptors (Lipinski definition) is 7. The van der Waals surface area contributed by atoms with Crippen LogP contribution in [-0.4, -0.2) is 42.4 Å². The number of aryl methyl sites for hydroxylation is 1. The third kappa shape index (κ3) is 6.27. The van der Waals surface area contributed by atoms with E-state index < -0.39 is 10.0 Å². The van der Waals surface area contributed by atoms with E-state index in [2.05, 4.69) is 14.3 Å². The molecule has 9 nitrogen and oxygen atoms in total. The van der Waals surface area contributed by atoms with Gasteiger partial charge in [0.25, 0.3) is 0 Å². The van der Waals surface area contributed by atoms with E-state index in [9.17, 15) is 8.42 Å². The highest BCUT2D eigenvalue weighted by atomic mass is 32.2. The Morgan fingerprint density at radius 2 is 1.86 bits per heavy atom. The van der Waals surface area contributed by atoms with E-state index in [1.807, 2.05) is 55.5 Å². The molecule has 0 amide bonds. The number of hydrogen-bond donors (Lipinski definition) is 2. The first-order valence-electron chi connectivity index (χ1n) is 11.6. The van der Waals surface area contributed by atoms with Gasteiger partial charge in [0.1, 0.15) is 30.3 Å². The maximum absolute atomic E-state index is 11.4. The van der Waals surface area contributed by atoms with Crippen LogP contribution in [0, 0.1) is 0 Å². The molecule has 4 rings (SSSR count). The van der Waals surface area contributed by atoms with Crippen LogP contribution in [-0.2, 0) is 34.5 Å². The van der Waals surface area contributed by atoms with Crippen molar-refractivity contribution < 1.29 is 17.9 Å². The number of pyridine rings is 1. The first kappa shape index (κ1) is 24.9.